The highest BCUT2D eigenvalue weighted by Crippen LogP contribution is 2.33. The lowest BCUT2D eigenvalue weighted by atomic mass is 10.1. The maximum Gasteiger partial charge on any atom is 0.265 e. The molecule has 1 aromatic carbocycles. The Bertz CT molecular complexity index is 567. The monoisotopic (exact) mass is 289 g/mol. The molecule has 2 heterocycles. The lowest BCUT2D eigenvalue weighted by Gasteiger charge is -2.27. The summed E-state index contributed by atoms with van der Waals surface area (Å²) in [5, 5.41) is 9.03. The van der Waals surface area contributed by atoms with E-state index in [9.17, 15) is 9.59 Å². The first-order valence-electron chi connectivity index (χ1n) is 7.27. The molecule has 112 valence electrons. The average Bonchev–Trinajstić information content (AvgIpc) is 2.49. The molecule has 1 fully saturated rings. The van der Waals surface area contributed by atoms with Crippen molar-refractivity contribution < 1.29 is 14.3 Å². The van der Waals surface area contributed by atoms with Crippen LogP contribution in [0.25, 0.3) is 0 Å². The number of anilines is 1. The molecule has 6 heteroatoms. The number of hydrogen-bond donors (Lipinski definition) is 3. The third kappa shape index (κ3) is 2.85. The summed E-state index contributed by atoms with van der Waals surface area (Å²) in [7, 11) is 0. The van der Waals surface area contributed by atoms with Gasteiger partial charge in [0.2, 0.25) is 0 Å². The number of benzene rings is 1. The van der Waals surface area contributed by atoms with E-state index in [-0.39, 0.29) is 17.9 Å². The molecular formula is C15H19N3O3. The van der Waals surface area contributed by atoms with E-state index in [1.807, 2.05) is 0 Å². The van der Waals surface area contributed by atoms with Gasteiger partial charge in [-0.2, -0.15) is 0 Å². The van der Waals surface area contributed by atoms with E-state index in [0.29, 0.717) is 17.0 Å². The van der Waals surface area contributed by atoms with Gasteiger partial charge in [-0.3, -0.25) is 9.59 Å². The molecule has 1 unspecified atom stereocenters. The van der Waals surface area contributed by atoms with Crippen LogP contribution in [0.2, 0.25) is 0 Å². The van der Waals surface area contributed by atoms with Crippen molar-refractivity contribution in [2.75, 3.05) is 18.4 Å². The summed E-state index contributed by atoms with van der Waals surface area (Å²) < 4.78 is 5.60. The van der Waals surface area contributed by atoms with Gasteiger partial charge >= 0.3 is 0 Å². The van der Waals surface area contributed by atoms with Gasteiger partial charge in [0.25, 0.3) is 11.8 Å². The molecule has 1 aromatic rings. The Kier molecular flexibility index (Phi) is 3.79. The van der Waals surface area contributed by atoms with E-state index in [2.05, 4.69) is 16.0 Å². The van der Waals surface area contributed by atoms with Crippen LogP contribution in [0.1, 0.15) is 30.1 Å². The number of amides is 2. The summed E-state index contributed by atoms with van der Waals surface area (Å²) >= 11 is 0. The van der Waals surface area contributed by atoms with Crippen LogP contribution in [0, 0.1) is 0 Å². The average molecular weight is 289 g/mol. The smallest absolute Gasteiger partial charge is 0.265 e. The van der Waals surface area contributed by atoms with Gasteiger partial charge < -0.3 is 20.7 Å². The number of rotatable bonds is 2. The summed E-state index contributed by atoms with van der Waals surface area (Å²) in [6, 6.07) is 5.33. The fraction of sp³-hybridized carbons (Fsp3) is 0.467. The van der Waals surface area contributed by atoms with Crippen LogP contribution >= 0.6 is 0 Å². The minimum Gasteiger partial charge on any atom is -0.478 e. The predicted octanol–water partition coefficient (Wildman–Crippen LogP) is 0.888. The Balaban J connectivity index is 1.80. The summed E-state index contributed by atoms with van der Waals surface area (Å²) in [5.74, 6) is 0.0892. The largest absolute Gasteiger partial charge is 0.478 e. The minimum absolute atomic E-state index is 0.137. The SMILES string of the molecule is CC1Oc2c(cccc2C(=O)N[C@H]2CCCNC2)NC1=O. The molecule has 0 saturated carbocycles. The second-order valence-corrected chi connectivity index (χ2v) is 5.45. The Morgan fingerprint density at radius 2 is 2.29 bits per heavy atom. The highest BCUT2D eigenvalue weighted by Gasteiger charge is 2.28. The lowest BCUT2D eigenvalue weighted by Crippen LogP contribution is -2.46. The second kappa shape index (κ2) is 5.73. The van der Waals surface area contributed by atoms with Crippen molar-refractivity contribution in [1.29, 1.82) is 0 Å². The highest BCUT2D eigenvalue weighted by atomic mass is 16.5. The van der Waals surface area contributed by atoms with E-state index < -0.39 is 6.10 Å². The molecule has 21 heavy (non-hydrogen) atoms. The zero-order chi connectivity index (χ0) is 14.8. The van der Waals surface area contributed by atoms with Gasteiger partial charge in [-0.15, -0.1) is 0 Å². The molecule has 3 rings (SSSR count). The van der Waals surface area contributed by atoms with Crippen LogP contribution in [-0.4, -0.2) is 37.0 Å². The van der Waals surface area contributed by atoms with Crippen molar-refractivity contribution in [3.63, 3.8) is 0 Å². The van der Waals surface area contributed by atoms with Crippen LogP contribution in [-0.2, 0) is 4.79 Å². The quantitative estimate of drug-likeness (QED) is 0.755. The molecule has 0 radical (unpaired) electrons. The van der Waals surface area contributed by atoms with E-state index >= 15 is 0 Å². The standard InChI is InChI=1S/C15H19N3O3/c1-9-14(19)18-12-6-2-5-11(13(12)21-9)15(20)17-10-4-3-7-16-8-10/h2,5-6,9-10,16H,3-4,7-8H2,1H3,(H,17,20)(H,18,19)/t9?,10-/m0/s1. The van der Waals surface area contributed by atoms with Crippen molar-refractivity contribution in [1.82, 2.24) is 10.6 Å². The van der Waals surface area contributed by atoms with E-state index in [1.54, 1.807) is 25.1 Å². The van der Waals surface area contributed by atoms with Gasteiger partial charge in [0, 0.05) is 12.6 Å². The number of ether oxygens (including phenoxy) is 1. The van der Waals surface area contributed by atoms with Crippen LogP contribution < -0.4 is 20.7 Å². The maximum atomic E-state index is 12.4. The van der Waals surface area contributed by atoms with Crippen molar-refractivity contribution in [3.05, 3.63) is 23.8 Å². The molecule has 3 N–H and O–H groups in total. The number of para-hydroxylation sites is 1. The third-order valence-electron chi connectivity index (χ3n) is 3.81. The van der Waals surface area contributed by atoms with Crippen LogP contribution in [0.5, 0.6) is 5.75 Å². The molecule has 6 nitrogen and oxygen atoms in total. The Morgan fingerprint density at radius 3 is 3.05 bits per heavy atom. The first-order chi connectivity index (χ1) is 10.1. The Labute approximate surface area is 123 Å². The number of fused-ring (bicyclic) bond motifs is 1. The first-order valence-corrected chi connectivity index (χ1v) is 7.27. The van der Waals surface area contributed by atoms with Crippen LogP contribution in [0.15, 0.2) is 18.2 Å². The summed E-state index contributed by atoms with van der Waals surface area (Å²) in [6.45, 7) is 3.45. The number of carbonyl (C=O) groups is 2. The van der Waals surface area contributed by atoms with Gasteiger partial charge in [-0.05, 0) is 38.4 Å². The fourth-order valence-electron chi connectivity index (χ4n) is 2.64. The number of carbonyl (C=O) groups excluding carboxylic acids is 2. The van der Waals surface area contributed by atoms with Gasteiger partial charge in [0.1, 0.15) is 0 Å². The topological polar surface area (TPSA) is 79.5 Å². The molecule has 0 aliphatic carbocycles. The fourth-order valence-corrected chi connectivity index (χ4v) is 2.64. The molecular weight excluding hydrogens is 270 g/mol. The maximum absolute atomic E-state index is 12.4. The second-order valence-electron chi connectivity index (χ2n) is 5.45. The Morgan fingerprint density at radius 1 is 1.43 bits per heavy atom. The third-order valence-corrected chi connectivity index (χ3v) is 3.81. The number of piperidine rings is 1. The van der Waals surface area contributed by atoms with Crippen LogP contribution in [0.3, 0.4) is 0 Å². The summed E-state index contributed by atoms with van der Waals surface area (Å²) in [5.41, 5.74) is 1.01. The molecule has 1 saturated heterocycles. The van der Waals surface area contributed by atoms with Crippen LogP contribution in [0.4, 0.5) is 5.69 Å². The predicted molar refractivity (Wildman–Crippen MR) is 78.5 cm³/mol. The normalized spacial score (nSPS) is 24.5. The van der Waals surface area contributed by atoms with E-state index in [4.69, 9.17) is 4.74 Å². The zero-order valence-corrected chi connectivity index (χ0v) is 11.9. The molecule has 2 aliphatic rings. The highest BCUT2D eigenvalue weighted by molar-refractivity contribution is 6.04. The minimum atomic E-state index is -0.595. The lowest BCUT2D eigenvalue weighted by molar-refractivity contribution is -0.122. The Hall–Kier alpha value is -2.08. The first kappa shape index (κ1) is 13.9. The molecule has 2 aliphatic heterocycles. The molecule has 2 atom stereocenters. The van der Waals surface area contributed by atoms with Crippen molar-refractivity contribution >= 4 is 17.5 Å². The van der Waals surface area contributed by atoms with E-state index in [1.165, 1.54) is 0 Å². The van der Waals surface area contributed by atoms with Gasteiger partial charge in [0.05, 0.1) is 11.3 Å². The zero-order valence-electron chi connectivity index (χ0n) is 11.9. The molecule has 2 amide bonds. The van der Waals surface area contributed by atoms with Crippen molar-refractivity contribution in [2.45, 2.75) is 31.9 Å². The number of hydrogen-bond acceptors (Lipinski definition) is 4. The number of nitrogens with one attached hydrogen (secondary N) is 3. The van der Waals surface area contributed by atoms with Gasteiger partial charge in [-0.25, -0.2) is 0 Å². The molecule has 0 aromatic heterocycles. The molecule has 0 bridgehead atoms. The van der Waals surface area contributed by atoms with E-state index in [0.717, 1.165) is 25.9 Å². The summed E-state index contributed by atoms with van der Waals surface area (Å²) in [6.07, 6.45) is 1.44. The van der Waals surface area contributed by atoms with Gasteiger partial charge in [-0.1, -0.05) is 6.07 Å². The van der Waals surface area contributed by atoms with Crippen molar-refractivity contribution in [2.24, 2.45) is 0 Å². The van der Waals surface area contributed by atoms with Crippen molar-refractivity contribution in [3.8, 4) is 5.75 Å². The molecule has 0 spiro atoms. The van der Waals surface area contributed by atoms with Gasteiger partial charge in [0.15, 0.2) is 11.9 Å². The summed E-state index contributed by atoms with van der Waals surface area (Å²) in [4.78, 5) is 24.1.